The number of halogens is 1. The van der Waals surface area contributed by atoms with Crippen LogP contribution in [0.2, 0.25) is 5.02 Å². The van der Waals surface area contributed by atoms with E-state index in [4.69, 9.17) is 22.1 Å². The molecule has 1 aliphatic rings. The molecule has 0 radical (unpaired) electrons. The van der Waals surface area contributed by atoms with Crippen LogP contribution in [0.25, 0.3) is 0 Å². The van der Waals surface area contributed by atoms with Crippen molar-refractivity contribution in [3.63, 3.8) is 0 Å². The minimum Gasteiger partial charge on any atom is -0.469 e. The minimum absolute atomic E-state index is 0.0167. The summed E-state index contributed by atoms with van der Waals surface area (Å²) in [7, 11) is 1.22. The maximum absolute atomic E-state index is 13.1. The quantitative estimate of drug-likeness (QED) is 0.630. The fraction of sp³-hybridized carbons (Fsp3) is 0.263. The molecule has 2 atom stereocenters. The van der Waals surface area contributed by atoms with E-state index in [9.17, 15) is 14.7 Å². The number of benzene rings is 2. The highest BCUT2D eigenvalue weighted by Crippen LogP contribution is 2.42. The summed E-state index contributed by atoms with van der Waals surface area (Å²) in [6, 6.07) is 13.8. The Morgan fingerprint density at radius 3 is 2.69 bits per heavy atom. The first-order valence-electron chi connectivity index (χ1n) is 8.07. The second-order valence-electron chi connectivity index (χ2n) is 6.24. The van der Waals surface area contributed by atoms with Crippen LogP contribution < -0.4 is 5.73 Å². The molecule has 0 spiro atoms. The average molecular weight is 375 g/mol. The lowest BCUT2D eigenvalue weighted by Crippen LogP contribution is -2.44. The van der Waals surface area contributed by atoms with Crippen molar-refractivity contribution in [2.75, 3.05) is 19.4 Å². The molecule has 0 aromatic heterocycles. The number of likely N-dealkylation sites (tertiary alicyclic amines) is 1. The van der Waals surface area contributed by atoms with Crippen molar-refractivity contribution < 1.29 is 19.4 Å². The van der Waals surface area contributed by atoms with Gasteiger partial charge in [0, 0.05) is 29.4 Å². The summed E-state index contributed by atoms with van der Waals surface area (Å²) in [5.41, 5.74) is 5.02. The highest BCUT2D eigenvalue weighted by atomic mass is 35.5. The van der Waals surface area contributed by atoms with E-state index < -0.39 is 23.4 Å². The molecule has 0 bridgehead atoms. The van der Waals surface area contributed by atoms with E-state index >= 15 is 0 Å². The van der Waals surface area contributed by atoms with Crippen LogP contribution in [0.5, 0.6) is 0 Å². The molecule has 1 aliphatic heterocycles. The third-order valence-corrected chi connectivity index (χ3v) is 4.88. The number of carbonyl (C=O) groups excluding carboxylic acids is 2. The normalized spacial score (nSPS) is 22.5. The lowest BCUT2D eigenvalue weighted by Gasteiger charge is -2.27. The third-order valence-electron chi connectivity index (χ3n) is 4.65. The summed E-state index contributed by atoms with van der Waals surface area (Å²) >= 11 is 6.02. The standard InChI is InChI=1S/C19H19ClN2O4/c1-26-17(23)15-11-22(10-12-5-3-2-4-6-12)18(24)19(15,25)14-9-13(20)7-8-16(14)21/h2-9,15,25H,10-11,21H2,1H3/t15-,19+/m1/s1. The topological polar surface area (TPSA) is 92.9 Å². The van der Waals surface area contributed by atoms with E-state index in [1.807, 2.05) is 30.3 Å². The first-order chi connectivity index (χ1) is 12.4. The van der Waals surface area contributed by atoms with Gasteiger partial charge in [0.2, 0.25) is 0 Å². The van der Waals surface area contributed by atoms with Gasteiger partial charge in [-0.25, -0.2) is 0 Å². The number of methoxy groups -OCH3 is 1. The Hall–Kier alpha value is -2.57. The summed E-state index contributed by atoms with van der Waals surface area (Å²) in [4.78, 5) is 26.8. The molecule has 2 aromatic carbocycles. The smallest absolute Gasteiger partial charge is 0.314 e. The number of anilines is 1. The number of rotatable bonds is 4. The first kappa shape index (κ1) is 18.2. The van der Waals surface area contributed by atoms with Gasteiger partial charge >= 0.3 is 5.97 Å². The summed E-state index contributed by atoms with van der Waals surface area (Å²) in [5.74, 6) is -2.40. The lowest BCUT2D eigenvalue weighted by molar-refractivity contribution is -0.160. The van der Waals surface area contributed by atoms with Gasteiger partial charge in [0.25, 0.3) is 5.91 Å². The minimum atomic E-state index is -2.13. The number of carbonyl (C=O) groups is 2. The lowest BCUT2D eigenvalue weighted by atomic mass is 9.82. The van der Waals surface area contributed by atoms with Crippen molar-refractivity contribution in [1.29, 1.82) is 0 Å². The summed E-state index contributed by atoms with van der Waals surface area (Å²) < 4.78 is 4.82. The van der Waals surface area contributed by atoms with Crippen molar-refractivity contribution in [2.45, 2.75) is 12.1 Å². The third kappa shape index (κ3) is 3.02. The van der Waals surface area contributed by atoms with Gasteiger partial charge in [-0.1, -0.05) is 41.9 Å². The molecule has 3 rings (SSSR count). The maximum atomic E-state index is 13.1. The molecule has 6 nitrogen and oxygen atoms in total. The molecule has 1 amide bonds. The van der Waals surface area contributed by atoms with Crippen LogP contribution in [-0.4, -0.2) is 35.5 Å². The Kier molecular flexibility index (Phi) is 4.89. The van der Waals surface area contributed by atoms with Crippen molar-refractivity contribution >= 4 is 29.2 Å². The SMILES string of the molecule is COC(=O)[C@H]1CN(Cc2ccccc2)C(=O)[C@]1(O)c1cc(Cl)ccc1N. The number of nitrogens with two attached hydrogens (primary N) is 1. The summed E-state index contributed by atoms with van der Waals surface area (Å²) in [6.07, 6.45) is 0. The van der Waals surface area contributed by atoms with Gasteiger partial charge in [-0.05, 0) is 23.8 Å². The molecule has 1 fully saturated rings. The van der Waals surface area contributed by atoms with Crippen molar-refractivity contribution in [3.05, 3.63) is 64.7 Å². The van der Waals surface area contributed by atoms with Gasteiger partial charge in [-0.3, -0.25) is 9.59 Å². The first-order valence-corrected chi connectivity index (χ1v) is 8.44. The van der Waals surface area contributed by atoms with Crippen LogP contribution >= 0.6 is 11.6 Å². The van der Waals surface area contributed by atoms with Gasteiger partial charge in [-0.2, -0.15) is 0 Å². The number of nitrogen functional groups attached to an aromatic ring is 1. The second kappa shape index (κ2) is 6.97. The Morgan fingerprint density at radius 2 is 2.04 bits per heavy atom. The molecular formula is C19H19ClN2O4. The van der Waals surface area contributed by atoms with Crippen LogP contribution in [-0.2, 0) is 26.5 Å². The van der Waals surface area contributed by atoms with E-state index in [0.717, 1.165) is 5.56 Å². The average Bonchev–Trinajstić information content (AvgIpc) is 2.90. The summed E-state index contributed by atoms with van der Waals surface area (Å²) in [6.45, 7) is 0.277. The van der Waals surface area contributed by atoms with Crippen molar-refractivity contribution in [1.82, 2.24) is 4.90 Å². The Bertz CT molecular complexity index is 843. The molecule has 26 heavy (non-hydrogen) atoms. The zero-order chi connectivity index (χ0) is 18.9. The molecule has 1 saturated heterocycles. The second-order valence-corrected chi connectivity index (χ2v) is 6.68. The number of amides is 1. The van der Waals surface area contributed by atoms with E-state index in [2.05, 4.69) is 0 Å². The van der Waals surface area contributed by atoms with Crippen molar-refractivity contribution in [2.24, 2.45) is 5.92 Å². The predicted octanol–water partition coefficient (Wildman–Crippen LogP) is 1.94. The number of esters is 1. The highest BCUT2D eigenvalue weighted by molar-refractivity contribution is 6.30. The number of ether oxygens (including phenoxy) is 1. The monoisotopic (exact) mass is 374 g/mol. The summed E-state index contributed by atoms with van der Waals surface area (Å²) in [5, 5.41) is 11.6. The molecule has 1 heterocycles. The molecule has 0 aliphatic carbocycles. The highest BCUT2D eigenvalue weighted by Gasteiger charge is 2.58. The molecular weight excluding hydrogens is 356 g/mol. The molecule has 7 heteroatoms. The molecule has 136 valence electrons. The molecule has 3 N–H and O–H groups in total. The van der Waals surface area contributed by atoms with E-state index in [1.165, 1.54) is 24.1 Å². The van der Waals surface area contributed by atoms with E-state index in [-0.39, 0.29) is 24.3 Å². The fourth-order valence-electron chi connectivity index (χ4n) is 3.31. The molecule has 0 unspecified atom stereocenters. The Morgan fingerprint density at radius 1 is 1.35 bits per heavy atom. The number of aliphatic hydroxyl groups is 1. The number of nitrogens with zero attached hydrogens (tertiary/aromatic N) is 1. The van der Waals surface area contributed by atoms with Gasteiger partial charge in [-0.15, -0.1) is 0 Å². The van der Waals surface area contributed by atoms with Crippen LogP contribution in [0.1, 0.15) is 11.1 Å². The van der Waals surface area contributed by atoms with Crippen LogP contribution in [0.4, 0.5) is 5.69 Å². The fourth-order valence-corrected chi connectivity index (χ4v) is 3.49. The van der Waals surface area contributed by atoms with Crippen LogP contribution in [0.15, 0.2) is 48.5 Å². The zero-order valence-corrected chi connectivity index (χ0v) is 14.9. The van der Waals surface area contributed by atoms with E-state index in [1.54, 1.807) is 6.07 Å². The van der Waals surface area contributed by atoms with Gasteiger partial charge in [0.1, 0.15) is 5.92 Å². The number of hydrogen-bond acceptors (Lipinski definition) is 5. The maximum Gasteiger partial charge on any atom is 0.314 e. The zero-order valence-electron chi connectivity index (χ0n) is 14.2. The van der Waals surface area contributed by atoms with Crippen molar-refractivity contribution in [3.8, 4) is 0 Å². The number of hydrogen-bond donors (Lipinski definition) is 2. The Balaban J connectivity index is 2.04. The van der Waals surface area contributed by atoms with E-state index in [0.29, 0.717) is 5.02 Å². The molecule has 2 aromatic rings. The van der Waals surface area contributed by atoms with Gasteiger partial charge in [0.15, 0.2) is 5.60 Å². The predicted molar refractivity (Wildman–Crippen MR) is 97.1 cm³/mol. The van der Waals surface area contributed by atoms with Gasteiger partial charge < -0.3 is 20.5 Å². The van der Waals surface area contributed by atoms with Crippen LogP contribution in [0.3, 0.4) is 0 Å². The Labute approximate surface area is 156 Å². The molecule has 0 saturated carbocycles. The van der Waals surface area contributed by atoms with Gasteiger partial charge in [0.05, 0.1) is 7.11 Å². The largest absolute Gasteiger partial charge is 0.469 e. The van der Waals surface area contributed by atoms with Crippen LogP contribution in [0, 0.1) is 5.92 Å².